The molecule has 88 valence electrons. The van der Waals surface area contributed by atoms with E-state index in [1.54, 1.807) is 0 Å². The van der Waals surface area contributed by atoms with Gasteiger partial charge in [-0.25, -0.2) is 0 Å². The molecule has 0 amide bonds. The van der Waals surface area contributed by atoms with E-state index in [2.05, 4.69) is 33.0 Å². The topological polar surface area (TPSA) is 49.5 Å². The third-order valence-electron chi connectivity index (χ3n) is 3.15. The fourth-order valence-corrected chi connectivity index (χ4v) is 2.64. The van der Waals surface area contributed by atoms with Gasteiger partial charge < -0.3 is 15.7 Å². The summed E-state index contributed by atoms with van der Waals surface area (Å²) in [4.78, 5) is 2.32. The quantitative estimate of drug-likeness (QED) is 0.889. The van der Waals surface area contributed by atoms with Gasteiger partial charge in [0.25, 0.3) is 0 Å². The highest BCUT2D eigenvalue weighted by Gasteiger charge is 2.23. The average Bonchev–Trinajstić information content (AvgIpc) is 2.77. The number of benzene rings is 1. The minimum atomic E-state index is 0.283. The summed E-state index contributed by atoms with van der Waals surface area (Å²) in [6.07, 6.45) is 1.07. The van der Waals surface area contributed by atoms with Gasteiger partial charge in [-0.3, -0.25) is 0 Å². The first-order valence-corrected chi connectivity index (χ1v) is 6.38. The van der Waals surface area contributed by atoms with Crippen LogP contribution < -0.4 is 10.6 Å². The summed E-state index contributed by atoms with van der Waals surface area (Å²) in [5.41, 5.74) is 8.13. The smallest absolute Gasteiger partial charge is 0.0476 e. The Balaban J connectivity index is 2.20. The lowest BCUT2D eigenvalue weighted by Gasteiger charge is -2.21. The Labute approximate surface area is 104 Å². The van der Waals surface area contributed by atoms with E-state index in [9.17, 15) is 0 Å². The molecule has 0 spiro atoms. The Hall–Kier alpha value is -0.580. The van der Waals surface area contributed by atoms with Crippen molar-refractivity contribution in [2.24, 2.45) is 11.7 Å². The number of hydrogen-bond donors (Lipinski definition) is 2. The van der Waals surface area contributed by atoms with Gasteiger partial charge in [-0.1, -0.05) is 15.9 Å². The van der Waals surface area contributed by atoms with Crippen LogP contribution in [0.4, 0.5) is 5.69 Å². The standard InChI is InChI=1S/C12H17BrN2O/c13-11-1-2-12(10(5-11)6-14)15-4-3-9(7-15)8-16/h1-2,5,9,16H,3-4,6-8,14H2. The molecule has 2 rings (SSSR count). The number of nitrogens with two attached hydrogens (primary N) is 1. The summed E-state index contributed by atoms with van der Waals surface area (Å²) >= 11 is 3.46. The van der Waals surface area contributed by atoms with Crippen molar-refractivity contribution in [1.82, 2.24) is 0 Å². The van der Waals surface area contributed by atoms with Gasteiger partial charge in [0, 0.05) is 42.3 Å². The molecule has 1 fully saturated rings. The van der Waals surface area contributed by atoms with Crippen molar-refractivity contribution in [3.8, 4) is 0 Å². The molecule has 1 heterocycles. The Morgan fingerprint density at radius 1 is 1.50 bits per heavy atom. The van der Waals surface area contributed by atoms with Crippen LogP contribution in [0.3, 0.4) is 0 Å². The highest BCUT2D eigenvalue weighted by atomic mass is 79.9. The van der Waals surface area contributed by atoms with Crippen LogP contribution in [0.15, 0.2) is 22.7 Å². The first kappa shape index (κ1) is 11.9. The molecule has 1 atom stereocenters. The van der Waals surface area contributed by atoms with Crippen molar-refractivity contribution >= 4 is 21.6 Å². The summed E-state index contributed by atoms with van der Waals surface area (Å²) in [7, 11) is 0. The van der Waals surface area contributed by atoms with Crippen LogP contribution in [0.5, 0.6) is 0 Å². The number of anilines is 1. The fourth-order valence-electron chi connectivity index (χ4n) is 2.23. The predicted molar refractivity (Wildman–Crippen MR) is 69.4 cm³/mol. The van der Waals surface area contributed by atoms with E-state index in [4.69, 9.17) is 10.8 Å². The first-order chi connectivity index (χ1) is 7.74. The maximum absolute atomic E-state index is 9.14. The second-order valence-electron chi connectivity index (χ2n) is 4.26. The van der Waals surface area contributed by atoms with Crippen molar-refractivity contribution < 1.29 is 5.11 Å². The van der Waals surface area contributed by atoms with Gasteiger partial charge in [-0.15, -0.1) is 0 Å². The third kappa shape index (κ3) is 2.39. The van der Waals surface area contributed by atoms with Crippen molar-refractivity contribution in [3.05, 3.63) is 28.2 Å². The van der Waals surface area contributed by atoms with Crippen molar-refractivity contribution in [2.75, 3.05) is 24.6 Å². The summed E-state index contributed by atoms with van der Waals surface area (Å²) in [6, 6.07) is 6.22. The lowest BCUT2D eigenvalue weighted by molar-refractivity contribution is 0.238. The number of nitrogens with zero attached hydrogens (tertiary/aromatic N) is 1. The molecule has 3 N–H and O–H groups in total. The summed E-state index contributed by atoms with van der Waals surface area (Å²) < 4.78 is 1.06. The molecule has 0 bridgehead atoms. The SMILES string of the molecule is NCc1cc(Br)ccc1N1CCC(CO)C1. The molecule has 1 unspecified atom stereocenters. The van der Waals surface area contributed by atoms with Gasteiger partial charge in [0.2, 0.25) is 0 Å². The molecular formula is C12H17BrN2O. The molecule has 1 aliphatic rings. The van der Waals surface area contributed by atoms with Gasteiger partial charge in [0.15, 0.2) is 0 Å². The van der Waals surface area contributed by atoms with Crippen LogP contribution in [-0.2, 0) is 6.54 Å². The summed E-state index contributed by atoms with van der Waals surface area (Å²) in [5.74, 6) is 0.411. The fraction of sp³-hybridized carbons (Fsp3) is 0.500. The van der Waals surface area contributed by atoms with Gasteiger partial charge in [0.05, 0.1) is 0 Å². The molecule has 4 heteroatoms. The normalized spacial score (nSPS) is 20.4. The molecule has 0 aromatic heterocycles. The van der Waals surface area contributed by atoms with Crippen LogP contribution in [0, 0.1) is 5.92 Å². The minimum absolute atomic E-state index is 0.283. The molecule has 1 aliphatic heterocycles. The lowest BCUT2D eigenvalue weighted by Crippen LogP contribution is -2.22. The lowest BCUT2D eigenvalue weighted by atomic mass is 10.1. The third-order valence-corrected chi connectivity index (χ3v) is 3.64. The number of hydrogen-bond acceptors (Lipinski definition) is 3. The zero-order valence-electron chi connectivity index (χ0n) is 9.19. The Bertz CT molecular complexity index is 370. The van der Waals surface area contributed by atoms with E-state index in [1.165, 1.54) is 5.69 Å². The molecule has 0 aliphatic carbocycles. The van der Waals surface area contributed by atoms with Crippen LogP contribution in [0.1, 0.15) is 12.0 Å². The monoisotopic (exact) mass is 284 g/mol. The maximum atomic E-state index is 9.14. The number of aliphatic hydroxyl groups excluding tert-OH is 1. The van der Waals surface area contributed by atoms with E-state index in [0.29, 0.717) is 12.5 Å². The van der Waals surface area contributed by atoms with Crippen molar-refractivity contribution in [2.45, 2.75) is 13.0 Å². The van der Waals surface area contributed by atoms with E-state index < -0.39 is 0 Å². The number of halogens is 1. The molecule has 1 saturated heterocycles. The predicted octanol–water partition coefficient (Wildman–Crippen LogP) is 1.73. The molecule has 0 radical (unpaired) electrons. The minimum Gasteiger partial charge on any atom is -0.396 e. The Morgan fingerprint density at radius 3 is 2.94 bits per heavy atom. The van der Waals surface area contributed by atoms with E-state index in [-0.39, 0.29) is 6.61 Å². The van der Waals surface area contributed by atoms with Gasteiger partial charge in [-0.05, 0) is 30.2 Å². The van der Waals surface area contributed by atoms with Crippen LogP contribution in [0.2, 0.25) is 0 Å². The molecule has 1 aromatic rings. The second kappa shape index (κ2) is 5.17. The van der Waals surface area contributed by atoms with Gasteiger partial charge in [0.1, 0.15) is 0 Å². The Kier molecular flexibility index (Phi) is 3.84. The molecule has 1 aromatic carbocycles. The van der Waals surface area contributed by atoms with E-state index >= 15 is 0 Å². The number of rotatable bonds is 3. The van der Waals surface area contributed by atoms with E-state index in [1.807, 2.05) is 6.07 Å². The molecule has 16 heavy (non-hydrogen) atoms. The highest BCUT2D eigenvalue weighted by molar-refractivity contribution is 9.10. The maximum Gasteiger partial charge on any atom is 0.0476 e. The van der Waals surface area contributed by atoms with Crippen LogP contribution in [-0.4, -0.2) is 24.8 Å². The van der Waals surface area contributed by atoms with Crippen LogP contribution in [0.25, 0.3) is 0 Å². The highest BCUT2D eigenvalue weighted by Crippen LogP contribution is 2.28. The molecule has 0 saturated carbocycles. The number of aliphatic hydroxyl groups is 1. The van der Waals surface area contributed by atoms with E-state index in [0.717, 1.165) is 29.5 Å². The largest absolute Gasteiger partial charge is 0.396 e. The molecular weight excluding hydrogens is 268 g/mol. The summed E-state index contributed by atoms with van der Waals surface area (Å²) in [6.45, 7) is 2.78. The summed E-state index contributed by atoms with van der Waals surface area (Å²) in [5, 5.41) is 9.14. The van der Waals surface area contributed by atoms with Gasteiger partial charge in [-0.2, -0.15) is 0 Å². The second-order valence-corrected chi connectivity index (χ2v) is 5.18. The van der Waals surface area contributed by atoms with Crippen LogP contribution >= 0.6 is 15.9 Å². The van der Waals surface area contributed by atoms with Gasteiger partial charge >= 0.3 is 0 Å². The zero-order valence-corrected chi connectivity index (χ0v) is 10.8. The zero-order chi connectivity index (χ0) is 11.5. The average molecular weight is 285 g/mol. The van der Waals surface area contributed by atoms with Crippen molar-refractivity contribution in [3.63, 3.8) is 0 Å². The van der Waals surface area contributed by atoms with Crippen molar-refractivity contribution in [1.29, 1.82) is 0 Å². The Morgan fingerprint density at radius 2 is 2.31 bits per heavy atom. The first-order valence-electron chi connectivity index (χ1n) is 5.59. The molecule has 3 nitrogen and oxygen atoms in total.